The summed E-state index contributed by atoms with van der Waals surface area (Å²) in [6.07, 6.45) is 0. The molecule has 0 aliphatic carbocycles. The summed E-state index contributed by atoms with van der Waals surface area (Å²) >= 11 is 0. The average Bonchev–Trinajstić information content (AvgIpc) is 2.82. The number of rotatable bonds is 2. The fourth-order valence-corrected chi connectivity index (χ4v) is 1.96. The van der Waals surface area contributed by atoms with Gasteiger partial charge in [0.2, 0.25) is 0 Å². The Balaban J connectivity index is 2.14. The molecule has 84 valence electrons. The zero-order valence-electron chi connectivity index (χ0n) is 9.39. The fourth-order valence-electron chi connectivity index (χ4n) is 1.96. The van der Waals surface area contributed by atoms with Gasteiger partial charge in [-0.3, -0.25) is 0 Å². The first-order chi connectivity index (χ1) is 8.36. The molecule has 3 aromatic rings. The molecule has 0 unspecified atom stereocenters. The molecule has 2 nitrogen and oxygen atoms in total. The molecule has 1 aromatic heterocycles. The lowest BCUT2D eigenvalue weighted by atomic mass is 10.1. The van der Waals surface area contributed by atoms with Crippen molar-refractivity contribution >= 4 is 11.0 Å². The van der Waals surface area contributed by atoms with Crippen LogP contribution in [0.4, 0.5) is 0 Å². The Kier molecular flexibility index (Phi) is 2.42. The minimum Gasteiger partial charge on any atom is -0.456 e. The van der Waals surface area contributed by atoms with Gasteiger partial charge in [0.05, 0.1) is 0 Å². The molecule has 2 heteroatoms. The van der Waals surface area contributed by atoms with Gasteiger partial charge in [-0.25, -0.2) is 0 Å². The molecular weight excluding hydrogens is 210 g/mol. The molecule has 0 atom stereocenters. The van der Waals surface area contributed by atoms with Gasteiger partial charge in [-0.2, -0.15) is 0 Å². The van der Waals surface area contributed by atoms with E-state index in [4.69, 9.17) is 10.2 Å². The first-order valence-electron chi connectivity index (χ1n) is 5.65. The number of hydrogen-bond acceptors (Lipinski definition) is 2. The van der Waals surface area contributed by atoms with E-state index in [1.54, 1.807) is 0 Å². The summed E-state index contributed by atoms with van der Waals surface area (Å²) in [6.45, 7) is 0.557. The van der Waals surface area contributed by atoms with E-state index in [1.807, 2.05) is 42.5 Å². The molecule has 0 amide bonds. The number of hydrogen-bond donors (Lipinski definition) is 1. The Labute approximate surface area is 99.7 Å². The molecule has 0 fully saturated rings. The second-order valence-corrected chi connectivity index (χ2v) is 4.05. The van der Waals surface area contributed by atoms with Gasteiger partial charge in [0, 0.05) is 17.5 Å². The van der Waals surface area contributed by atoms with Crippen LogP contribution in [0.3, 0.4) is 0 Å². The highest BCUT2D eigenvalue weighted by atomic mass is 16.3. The molecule has 0 saturated carbocycles. The fraction of sp³-hybridized carbons (Fsp3) is 0.0667. The molecule has 0 aliphatic heterocycles. The van der Waals surface area contributed by atoms with Crippen LogP contribution in [-0.2, 0) is 6.54 Å². The maximum Gasteiger partial charge on any atom is 0.135 e. The average molecular weight is 223 g/mol. The third kappa shape index (κ3) is 1.83. The van der Waals surface area contributed by atoms with Crippen molar-refractivity contribution in [3.63, 3.8) is 0 Å². The Hall–Kier alpha value is -2.06. The first-order valence-corrected chi connectivity index (χ1v) is 5.65. The standard InChI is InChI=1S/C15H13NO/c16-10-11-6-7-14-13(8-11)9-15(17-14)12-4-2-1-3-5-12/h1-9H,10,16H2. The second kappa shape index (κ2) is 4.07. The van der Waals surface area contributed by atoms with Crippen molar-refractivity contribution in [2.45, 2.75) is 6.54 Å². The van der Waals surface area contributed by atoms with Crippen molar-refractivity contribution in [1.82, 2.24) is 0 Å². The van der Waals surface area contributed by atoms with E-state index in [0.29, 0.717) is 6.54 Å². The Morgan fingerprint density at radius 3 is 2.53 bits per heavy atom. The van der Waals surface area contributed by atoms with Crippen LogP contribution in [0.1, 0.15) is 5.56 Å². The van der Waals surface area contributed by atoms with Gasteiger partial charge in [0.1, 0.15) is 11.3 Å². The number of nitrogens with two attached hydrogens (primary N) is 1. The van der Waals surface area contributed by atoms with Gasteiger partial charge in [0.25, 0.3) is 0 Å². The highest BCUT2D eigenvalue weighted by molar-refractivity contribution is 5.83. The van der Waals surface area contributed by atoms with Crippen LogP contribution in [0, 0.1) is 0 Å². The van der Waals surface area contributed by atoms with Gasteiger partial charge in [-0.15, -0.1) is 0 Å². The van der Waals surface area contributed by atoms with Crippen molar-refractivity contribution in [1.29, 1.82) is 0 Å². The molecule has 2 N–H and O–H groups in total. The molecule has 0 radical (unpaired) electrons. The van der Waals surface area contributed by atoms with Crippen molar-refractivity contribution in [3.8, 4) is 11.3 Å². The number of fused-ring (bicyclic) bond motifs is 1. The van der Waals surface area contributed by atoms with Gasteiger partial charge >= 0.3 is 0 Å². The molecule has 1 heterocycles. The van der Waals surface area contributed by atoms with Crippen LogP contribution in [0.25, 0.3) is 22.3 Å². The topological polar surface area (TPSA) is 39.2 Å². The summed E-state index contributed by atoms with van der Waals surface area (Å²) in [6, 6.07) is 18.2. The van der Waals surface area contributed by atoms with E-state index in [-0.39, 0.29) is 0 Å². The molecule has 0 bridgehead atoms. The summed E-state index contributed by atoms with van der Waals surface area (Å²) in [5.74, 6) is 0.898. The summed E-state index contributed by atoms with van der Waals surface area (Å²) in [4.78, 5) is 0. The SMILES string of the molecule is NCc1ccc2oc(-c3ccccc3)cc2c1. The van der Waals surface area contributed by atoms with Crippen molar-refractivity contribution in [3.05, 3.63) is 60.2 Å². The monoisotopic (exact) mass is 223 g/mol. The maximum absolute atomic E-state index is 5.81. The van der Waals surface area contributed by atoms with E-state index in [0.717, 1.165) is 27.9 Å². The van der Waals surface area contributed by atoms with Gasteiger partial charge in [0.15, 0.2) is 0 Å². The maximum atomic E-state index is 5.81. The largest absolute Gasteiger partial charge is 0.456 e. The van der Waals surface area contributed by atoms with E-state index in [2.05, 4.69) is 12.1 Å². The van der Waals surface area contributed by atoms with Crippen LogP contribution >= 0.6 is 0 Å². The quantitative estimate of drug-likeness (QED) is 0.721. The molecule has 17 heavy (non-hydrogen) atoms. The van der Waals surface area contributed by atoms with Crippen molar-refractivity contribution in [2.24, 2.45) is 5.73 Å². The summed E-state index contributed by atoms with van der Waals surface area (Å²) in [5.41, 5.74) is 8.75. The molecule has 3 rings (SSSR count). The lowest BCUT2D eigenvalue weighted by Gasteiger charge is -1.94. The van der Waals surface area contributed by atoms with Crippen LogP contribution < -0.4 is 5.73 Å². The zero-order chi connectivity index (χ0) is 11.7. The summed E-state index contributed by atoms with van der Waals surface area (Å²) in [5, 5.41) is 1.10. The zero-order valence-corrected chi connectivity index (χ0v) is 9.39. The summed E-state index contributed by atoms with van der Waals surface area (Å²) < 4.78 is 5.81. The lowest BCUT2D eigenvalue weighted by Crippen LogP contribution is -1.94. The number of furan rings is 1. The Bertz CT molecular complexity index is 640. The molecule has 0 spiro atoms. The Morgan fingerprint density at radius 1 is 0.941 bits per heavy atom. The second-order valence-electron chi connectivity index (χ2n) is 4.05. The van der Waals surface area contributed by atoms with Crippen molar-refractivity contribution < 1.29 is 4.42 Å². The van der Waals surface area contributed by atoms with Crippen molar-refractivity contribution in [2.75, 3.05) is 0 Å². The van der Waals surface area contributed by atoms with E-state index >= 15 is 0 Å². The normalized spacial score (nSPS) is 10.9. The smallest absolute Gasteiger partial charge is 0.135 e. The highest BCUT2D eigenvalue weighted by Gasteiger charge is 2.05. The van der Waals surface area contributed by atoms with Crippen LogP contribution in [0.15, 0.2) is 59.0 Å². The molecule has 0 saturated heterocycles. The first kappa shape index (κ1) is 10.1. The van der Waals surface area contributed by atoms with E-state index in [9.17, 15) is 0 Å². The predicted octanol–water partition coefficient (Wildman–Crippen LogP) is 3.56. The van der Waals surface area contributed by atoms with Gasteiger partial charge < -0.3 is 10.2 Å². The molecule has 0 aliphatic rings. The third-order valence-electron chi connectivity index (χ3n) is 2.87. The minimum atomic E-state index is 0.557. The molecule has 2 aromatic carbocycles. The lowest BCUT2D eigenvalue weighted by molar-refractivity contribution is 0.631. The number of benzene rings is 2. The van der Waals surface area contributed by atoms with Gasteiger partial charge in [-0.1, -0.05) is 36.4 Å². The highest BCUT2D eigenvalue weighted by Crippen LogP contribution is 2.28. The van der Waals surface area contributed by atoms with E-state index < -0.39 is 0 Å². The van der Waals surface area contributed by atoms with Crippen LogP contribution in [-0.4, -0.2) is 0 Å². The predicted molar refractivity (Wildman–Crippen MR) is 69.5 cm³/mol. The van der Waals surface area contributed by atoms with Crippen LogP contribution in [0.2, 0.25) is 0 Å². The minimum absolute atomic E-state index is 0.557. The van der Waals surface area contributed by atoms with E-state index in [1.165, 1.54) is 0 Å². The summed E-state index contributed by atoms with van der Waals surface area (Å²) in [7, 11) is 0. The third-order valence-corrected chi connectivity index (χ3v) is 2.87. The molecular formula is C15H13NO. The van der Waals surface area contributed by atoms with Gasteiger partial charge in [-0.05, 0) is 23.8 Å². The Morgan fingerprint density at radius 2 is 1.76 bits per heavy atom. The van der Waals surface area contributed by atoms with Crippen LogP contribution in [0.5, 0.6) is 0 Å².